The van der Waals surface area contributed by atoms with E-state index in [0.717, 1.165) is 5.69 Å². The summed E-state index contributed by atoms with van der Waals surface area (Å²) in [7, 11) is 0. The molecule has 2 heterocycles. The molecule has 4 rings (SSSR count). The van der Waals surface area contributed by atoms with E-state index in [4.69, 9.17) is 0 Å². The van der Waals surface area contributed by atoms with Crippen LogP contribution < -0.4 is 0 Å². The molecular formula is C22H15N3O3S. The van der Waals surface area contributed by atoms with Crippen molar-refractivity contribution in [3.8, 4) is 16.9 Å². The number of ketones is 1. The van der Waals surface area contributed by atoms with Crippen LogP contribution in [-0.4, -0.2) is 20.5 Å². The molecule has 0 aliphatic rings. The van der Waals surface area contributed by atoms with Crippen LogP contribution in [0.4, 0.5) is 5.69 Å². The summed E-state index contributed by atoms with van der Waals surface area (Å²) in [6.07, 6.45) is 5.00. The molecular weight excluding hydrogens is 386 g/mol. The number of carbonyl (C=O) groups is 1. The fourth-order valence-electron chi connectivity index (χ4n) is 2.88. The topological polar surface area (TPSA) is 78.0 Å². The third kappa shape index (κ3) is 4.04. The van der Waals surface area contributed by atoms with Crippen molar-refractivity contribution in [1.82, 2.24) is 9.78 Å². The third-order valence-electron chi connectivity index (χ3n) is 4.27. The van der Waals surface area contributed by atoms with E-state index in [1.807, 2.05) is 48.0 Å². The smallest absolute Gasteiger partial charge is 0.270 e. The Balaban J connectivity index is 1.78. The molecule has 0 amide bonds. The van der Waals surface area contributed by atoms with E-state index in [2.05, 4.69) is 5.10 Å². The predicted octanol–water partition coefficient (Wildman–Crippen LogP) is 5.41. The first-order chi connectivity index (χ1) is 14.1. The molecule has 6 nitrogen and oxygen atoms in total. The summed E-state index contributed by atoms with van der Waals surface area (Å²) in [5.74, 6) is -0.0996. The number of aromatic nitrogens is 2. The summed E-state index contributed by atoms with van der Waals surface area (Å²) in [5.41, 5.74) is 2.70. The van der Waals surface area contributed by atoms with Gasteiger partial charge in [0.05, 0.1) is 15.5 Å². The fraction of sp³-hybridized carbons (Fsp3) is 0. The lowest BCUT2D eigenvalue weighted by Crippen LogP contribution is -1.94. The highest BCUT2D eigenvalue weighted by Gasteiger charge is 2.14. The lowest BCUT2D eigenvalue weighted by Gasteiger charge is -2.00. The zero-order chi connectivity index (χ0) is 20.2. The Kier molecular flexibility index (Phi) is 5.13. The van der Waals surface area contributed by atoms with E-state index in [0.29, 0.717) is 21.7 Å². The molecule has 0 saturated heterocycles. The Morgan fingerprint density at radius 3 is 2.62 bits per heavy atom. The second kappa shape index (κ2) is 8.04. The zero-order valence-corrected chi connectivity index (χ0v) is 16.0. The van der Waals surface area contributed by atoms with Crippen molar-refractivity contribution in [1.29, 1.82) is 0 Å². The molecule has 0 fully saturated rings. The molecule has 0 bridgehead atoms. The quantitative estimate of drug-likeness (QED) is 0.187. The van der Waals surface area contributed by atoms with Gasteiger partial charge in [-0.05, 0) is 35.7 Å². The largest absolute Gasteiger partial charge is 0.288 e. The predicted molar refractivity (Wildman–Crippen MR) is 113 cm³/mol. The number of nitro benzene ring substituents is 1. The lowest BCUT2D eigenvalue weighted by molar-refractivity contribution is -0.384. The van der Waals surface area contributed by atoms with Gasteiger partial charge in [0.1, 0.15) is 5.69 Å². The van der Waals surface area contributed by atoms with Crippen molar-refractivity contribution in [3.05, 3.63) is 105 Å². The monoisotopic (exact) mass is 401 g/mol. The van der Waals surface area contributed by atoms with Gasteiger partial charge in [-0.25, -0.2) is 4.68 Å². The van der Waals surface area contributed by atoms with E-state index in [1.54, 1.807) is 29.0 Å². The van der Waals surface area contributed by atoms with Crippen molar-refractivity contribution in [2.75, 3.05) is 0 Å². The van der Waals surface area contributed by atoms with Gasteiger partial charge in [0.2, 0.25) is 0 Å². The van der Waals surface area contributed by atoms with Gasteiger partial charge in [-0.15, -0.1) is 11.3 Å². The Bertz CT molecular complexity index is 1200. The van der Waals surface area contributed by atoms with Gasteiger partial charge < -0.3 is 0 Å². The van der Waals surface area contributed by atoms with E-state index >= 15 is 0 Å². The van der Waals surface area contributed by atoms with Crippen molar-refractivity contribution < 1.29 is 9.72 Å². The molecule has 29 heavy (non-hydrogen) atoms. The van der Waals surface area contributed by atoms with Crippen LogP contribution in [0.2, 0.25) is 0 Å². The number of non-ortho nitro benzene ring substituents is 1. The number of nitrogens with zero attached hydrogens (tertiary/aromatic N) is 3. The van der Waals surface area contributed by atoms with E-state index in [9.17, 15) is 14.9 Å². The van der Waals surface area contributed by atoms with Crippen LogP contribution in [0.1, 0.15) is 15.2 Å². The van der Waals surface area contributed by atoms with Gasteiger partial charge in [0, 0.05) is 29.5 Å². The number of benzene rings is 2. The second-order valence-corrected chi connectivity index (χ2v) is 7.14. The fourth-order valence-corrected chi connectivity index (χ4v) is 3.52. The van der Waals surface area contributed by atoms with Crippen molar-refractivity contribution in [2.24, 2.45) is 0 Å². The number of rotatable bonds is 6. The van der Waals surface area contributed by atoms with Gasteiger partial charge in [0.15, 0.2) is 5.78 Å². The highest BCUT2D eigenvalue weighted by atomic mass is 32.1. The maximum atomic E-state index is 12.4. The molecule has 0 N–H and O–H groups in total. The molecule has 0 unspecified atom stereocenters. The molecule has 142 valence electrons. The van der Waals surface area contributed by atoms with Crippen LogP contribution in [0.3, 0.4) is 0 Å². The first kappa shape index (κ1) is 18.5. The first-order valence-electron chi connectivity index (χ1n) is 8.77. The highest BCUT2D eigenvalue weighted by molar-refractivity contribution is 7.12. The van der Waals surface area contributed by atoms with E-state index in [-0.39, 0.29) is 11.5 Å². The molecule has 2 aromatic carbocycles. The van der Waals surface area contributed by atoms with Crippen LogP contribution >= 0.6 is 11.3 Å². The van der Waals surface area contributed by atoms with Crippen LogP contribution in [0.25, 0.3) is 23.0 Å². The lowest BCUT2D eigenvalue weighted by atomic mass is 10.1. The molecule has 0 atom stereocenters. The van der Waals surface area contributed by atoms with Gasteiger partial charge in [-0.3, -0.25) is 14.9 Å². The number of carbonyl (C=O) groups excluding carboxylic acids is 1. The summed E-state index contributed by atoms with van der Waals surface area (Å²) >= 11 is 1.38. The Hall–Kier alpha value is -3.84. The van der Waals surface area contributed by atoms with Crippen molar-refractivity contribution in [3.63, 3.8) is 0 Å². The van der Waals surface area contributed by atoms with Crippen molar-refractivity contribution in [2.45, 2.75) is 0 Å². The standard InChI is InChI=1S/C22H15N3O3S/c26-20(21-10-5-13-29-21)12-11-17-15-24(18-7-2-1-3-8-18)23-22(17)16-6-4-9-19(14-16)25(27)28/h1-15H. The minimum atomic E-state index is -0.437. The van der Waals surface area contributed by atoms with Gasteiger partial charge in [-0.2, -0.15) is 5.10 Å². The molecule has 2 aromatic heterocycles. The molecule has 0 aliphatic heterocycles. The Morgan fingerprint density at radius 2 is 1.90 bits per heavy atom. The Morgan fingerprint density at radius 1 is 1.07 bits per heavy atom. The van der Waals surface area contributed by atoms with Gasteiger partial charge in [0.25, 0.3) is 5.69 Å². The molecule has 0 radical (unpaired) electrons. The SMILES string of the molecule is O=C(C=Cc1cn(-c2ccccc2)nc1-c1cccc([N+](=O)[O-])c1)c1cccs1. The van der Waals surface area contributed by atoms with Gasteiger partial charge >= 0.3 is 0 Å². The second-order valence-electron chi connectivity index (χ2n) is 6.20. The summed E-state index contributed by atoms with van der Waals surface area (Å²) in [6, 6.07) is 19.4. The maximum absolute atomic E-state index is 12.4. The van der Waals surface area contributed by atoms with Crippen LogP contribution in [0.15, 0.2) is 84.4 Å². The molecule has 0 aliphatic carbocycles. The zero-order valence-electron chi connectivity index (χ0n) is 15.1. The average Bonchev–Trinajstić information content (AvgIpc) is 3.43. The minimum absolute atomic E-state index is 0.0126. The van der Waals surface area contributed by atoms with Crippen LogP contribution in [-0.2, 0) is 0 Å². The minimum Gasteiger partial charge on any atom is -0.288 e. The van der Waals surface area contributed by atoms with Crippen LogP contribution in [0, 0.1) is 10.1 Å². The van der Waals surface area contributed by atoms with E-state index in [1.165, 1.54) is 29.5 Å². The number of para-hydroxylation sites is 1. The summed E-state index contributed by atoms with van der Waals surface area (Å²) in [6.45, 7) is 0. The number of nitro groups is 1. The molecule has 0 spiro atoms. The summed E-state index contributed by atoms with van der Waals surface area (Å²) in [5, 5.41) is 17.6. The number of hydrogen-bond donors (Lipinski definition) is 0. The van der Waals surface area contributed by atoms with Gasteiger partial charge in [-0.1, -0.05) is 36.4 Å². The molecule has 4 aromatic rings. The summed E-state index contributed by atoms with van der Waals surface area (Å²) < 4.78 is 1.70. The van der Waals surface area contributed by atoms with Crippen LogP contribution in [0.5, 0.6) is 0 Å². The highest BCUT2D eigenvalue weighted by Crippen LogP contribution is 2.28. The number of allylic oxidation sites excluding steroid dienone is 1. The average molecular weight is 401 g/mol. The molecule has 7 heteroatoms. The number of thiophene rings is 1. The Labute approximate surface area is 170 Å². The van der Waals surface area contributed by atoms with Crippen molar-refractivity contribution >= 4 is 28.9 Å². The third-order valence-corrected chi connectivity index (χ3v) is 5.16. The summed E-state index contributed by atoms with van der Waals surface area (Å²) in [4.78, 5) is 23.7. The maximum Gasteiger partial charge on any atom is 0.270 e. The molecule has 0 saturated carbocycles. The first-order valence-corrected chi connectivity index (χ1v) is 9.65. The normalized spacial score (nSPS) is 11.0. The number of hydrogen-bond acceptors (Lipinski definition) is 5. The van der Waals surface area contributed by atoms with E-state index < -0.39 is 4.92 Å².